The number of allylic oxidation sites excluding steroid dienone is 4. The minimum atomic E-state index is -4.52. The summed E-state index contributed by atoms with van der Waals surface area (Å²) < 4.78 is 33.4. The third kappa shape index (κ3) is 42.4. The number of ether oxygens (including phenoxy) is 2. The molecule has 0 aliphatic carbocycles. The molecule has 0 aliphatic heterocycles. The number of carbonyl (C=O) groups excluding carboxylic acids is 1. The van der Waals surface area contributed by atoms with Gasteiger partial charge in [-0.2, -0.15) is 0 Å². The number of carbonyl (C=O) groups is 1. The second kappa shape index (κ2) is 42.5. The maximum Gasteiger partial charge on any atom is 0.472 e. The quantitative estimate of drug-likeness (QED) is 0.0238. The normalized spacial score (nSPS) is 14.2. The van der Waals surface area contributed by atoms with Gasteiger partial charge in [0, 0.05) is 13.0 Å². The van der Waals surface area contributed by atoms with Gasteiger partial charge in [-0.1, -0.05) is 192 Å². The minimum absolute atomic E-state index is 0.0477. The van der Waals surface area contributed by atoms with Crippen molar-refractivity contribution in [2.24, 2.45) is 0 Å². The van der Waals surface area contributed by atoms with E-state index in [0.29, 0.717) is 13.0 Å². The first-order valence-electron chi connectivity index (χ1n) is 22.8. The zero-order valence-electron chi connectivity index (χ0n) is 35.7. The molecule has 0 fully saturated rings. The van der Waals surface area contributed by atoms with Crippen LogP contribution in [0.25, 0.3) is 0 Å². The van der Waals surface area contributed by atoms with Crippen LogP contribution in [0.5, 0.6) is 0 Å². The van der Waals surface area contributed by atoms with Crippen LogP contribution < -0.4 is 0 Å². The van der Waals surface area contributed by atoms with E-state index in [4.69, 9.17) is 23.6 Å². The van der Waals surface area contributed by atoms with Crippen LogP contribution in [0.4, 0.5) is 0 Å². The van der Waals surface area contributed by atoms with E-state index in [0.717, 1.165) is 57.8 Å². The number of unbranched alkanes of at least 4 members (excludes halogenated alkanes) is 26. The van der Waals surface area contributed by atoms with Gasteiger partial charge in [-0.3, -0.25) is 13.8 Å². The van der Waals surface area contributed by atoms with Crippen LogP contribution >= 0.6 is 7.82 Å². The van der Waals surface area contributed by atoms with E-state index in [1.807, 2.05) is 0 Å². The Labute approximate surface area is 338 Å². The summed E-state index contributed by atoms with van der Waals surface area (Å²) in [5.41, 5.74) is 0. The summed E-state index contributed by atoms with van der Waals surface area (Å²) in [6, 6.07) is 0. The van der Waals surface area contributed by atoms with Crippen molar-refractivity contribution < 1.29 is 43.0 Å². The predicted octanol–water partition coefficient (Wildman–Crippen LogP) is 12.6. The fourth-order valence-corrected chi connectivity index (χ4v) is 7.18. The monoisotopic (exact) mass is 803 g/mol. The standard InChI is InChI=1S/C45H87O9P/c1-3-5-7-9-11-13-15-17-18-19-20-21-22-23-24-26-28-30-32-34-36-38-51-41-44(42-53-55(49,50)52-40-43(47)39-46)54-45(48)37-35-33-31-29-27-25-16-14-12-10-8-6-4-2/h8,10,14,16,43-44,46-47H,3-7,9,11-13,15,17-42H2,1-2H3,(H,49,50)/b10-8-,16-14-. The van der Waals surface area contributed by atoms with Crippen LogP contribution in [-0.2, 0) is 27.9 Å². The maximum atomic E-state index is 12.6. The molecule has 55 heavy (non-hydrogen) atoms. The molecule has 0 amide bonds. The van der Waals surface area contributed by atoms with Gasteiger partial charge in [0.1, 0.15) is 12.2 Å². The van der Waals surface area contributed by atoms with Gasteiger partial charge in [0.05, 0.1) is 26.4 Å². The van der Waals surface area contributed by atoms with Gasteiger partial charge in [-0.15, -0.1) is 0 Å². The van der Waals surface area contributed by atoms with Crippen LogP contribution in [-0.4, -0.2) is 66.3 Å². The lowest BCUT2D eigenvalue weighted by molar-refractivity contribution is -0.154. The van der Waals surface area contributed by atoms with Crippen molar-refractivity contribution in [3.05, 3.63) is 24.3 Å². The van der Waals surface area contributed by atoms with Crippen molar-refractivity contribution in [2.45, 2.75) is 225 Å². The number of phosphoric ester groups is 1. The van der Waals surface area contributed by atoms with Crippen LogP contribution in [0.15, 0.2) is 24.3 Å². The molecule has 0 aromatic carbocycles. The Balaban J connectivity index is 4.06. The highest BCUT2D eigenvalue weighted by Gasteiger charge is 2.26. The Hall–Kier alpha value is -1.06. The SMILES string of the molecule is CCC/C=C\C/C=C\CCCCCCCC(=O)OC(COCCCCCCCCCCCCCCCCCCCCCCC)COP(=O)(O)OCC(O)CO. The number of hydrogen-bond donors (Lipinski definition) is 3. The number of aliphatic hydroxyl groups is 2. The molecule has 0 bridgehead atoms. The van der Waals surface area contributed by atoms with Gasteiger partial charge in [0.2, 0.25) is 0 Å². The van der Waals surface area contributed by atoms with Gasteiger partial charge in [0.15, 0.2) is 0 Å². The predicted molar refractivity (Wildman–Crippen MR) is 228 cm³/mol. The molecule has 9 nitrogen and oxygen atoms in total. The smallest absolute Gasteiger partial charge is 0.457 e. The number of esters is 1. The number of aliphatic hydroxyl groups excluding tert-OH is 2. The van der Waals surface area contributed by atoms with E-state index in [1.54, 1.807) is 0 Å². The first-order valence-corrected chi connectivity index (χ1v) is 24.3. The molecule has 0 aliphatic rings. The Bertz CT molecular complexity index is 913. The van der Waals surface area contributed by atoms with Crippen molar-refractivity contribution in [3.8, 4) is 0 Å². The molecule has 0 radical (unpaired) electrons. The maximum absolute atomic E-state index is 12.6. The van der Waals surface area contributed by atoms with Crippen LogP contribution in [0, 0.1) is 0 Å². The average molecular weight is 803 g/mol. The Kier molecular flexibility index (Phi) is 41.7. The van der Waals surface area contributed by atoms with Crippen molar-refractivity contribution in [1.82, 2.24) is 0 Å². The molecule has 0 rings (SSSR count). The van der Waals surface area contributed by atoms with Crippen LogP contribution in [0.1, 0.15) is 213 Å². The summed E-state index contributed by atoms with van der Waals surface area (Å²) in [6.07, 6.45) is 44.3. The molecule has 0 heterocycles. The topological polar surface area (TPSA) is 132 Å². The summed E-state index contributed by atoms with van der Waals surface area (Å²) in [4.78, 5) is 22.6. The first kappa shape index (κ1) is 53.9. The first-order chi connectivity index (χ1) is 26.8. The van der Waals surface area contributed by atoms with Gasteiger partial charge in [-0.25, -0.2) is 4.57 Å². The molecule has 10 heteroatoms. The zero-order valence-corrected chi connectivity index (χ0v) is 36.6. The molecule has 0 aromatic rings. The van der Waals surface area contributed by atoms with E-state index in [1.165, 1.54) is 128 Å². The molecule has 326 valence electrons. The lowest BCUT2D eigenvalue weighted by Gasteiger charge is -2.20. The summed E-state index contributed by atoms with van der Waals surface area (Å²) in [5, 5.41) is 18.3. The highest BCUT2D eigenvalue weighted by molar-refractivity contribution is 7.47. The van der Waals surface area contributed by atoms with Crippen molar-refractivity contribution in [1.29, 1.82) is 0 Å². The lowest BCUT2D eigenvalue weighted by atomic mass is 10.0. The van der Waals surface area contributed by atoms with E-state index in [-0.39, 0.29) is 19.6 Å². The molecule has 0 saturated carbocycles. The number of hydrogen-bond acceptors (Lipinski definition) is 8. The van der Waals surface area contributed by atoms with Gasteiger partial charge >= 0.3 is 13.8 Å². The van der Waals surface area contributed by atoms with E-state index in [2.05, 4.69) is 38.2 Å². The average Bonchev–Trinajstić information content (AvgIpc) is 3.18. The minimum Gasteiger partial charge on any atom is -0.457 e. The summed E-state index contributed by atoms with van der Waals surface area (Å²) >= 11 is 0. The van der Waals surface area contributed by atoms with E-state index >= 15 is 0 Å². The molecular weight excluding hydrogens is 715 g/mol. The molecule has 3 N–H and O–H groups in total. The molecule has 0 aromatic heterocycles. The third-order valence-corrected chi connectivity index (χ3v) is 10.8. The Morgan fingerprint density at radius 1 is 0.564 bits per heavy atom. The lowest BCUT2D eigenvalue weighted by Crippen LogP contribution is -2.29. The van der Waals surface area contributed by atoms with Crippen molar-refractivity contribution >= 4 is 13.8 Å². The van der Waals surface area contributed by atoms with Gasteiger partial charge in [-0.05, 0) is 38.5 Å². The molecule has 0 spiro atoms. The van der Waals surface area contributed by atoms with E-state index in [9.17, 15) is 19.4 Å². The summed E-state index contributed by atoms with van der Waals surface area (Å²) in [6.45, 7) is 3.47. The second-order valence-electron chi connectivity index (χ2n) is 15.4. The number of rotatable bonds is 44. The van der Waals surface area contributed by atoms with Crippen molar-refractivity contribution in [3.63, 3.8) is 0 Å². The van der Waals surface area contributed by atoms with Crippen LogP contribution in [0.2, 0.25) is 0 Å². The Morgan fingerprint density at radius 3 is 1.53 bits per heavy atom. The Morgan fingerprint density at radius 2 is 1.02 bits per heavy atom. The zero-order chi connectivity index (χ0) is 40.3. The van der Waals surface area contributed by atoms with Crippen molar-refractivity contribution in [2.75, 3.05) is 33.0 Å². The summed E-state index contributed by atoms with van der Waals surface area (Å²) in [7, 11) is -4.52. The molecule has 0 saturated heterocycles. The largest absolute Gasteiger partial charge is 0.472 e. The highest BCUT2D eigenvalue weighted by Crippen LogP contribution is 2.43. The summed E-state index contributed by atoms with van der Waals surface area (Å²) in [5.74, 6) is -0.394. The fourth-order valence-electron chi connectivity index (χ4n) is 6.39. The fraction of sp³-hybridized carbons (Fsp3) is 0.889. The van der Waals surface area contributed by atoms with E-state index < -0.39 is 39.2 Å². The van der Waals surface area contributed by atoms with Gasteiger partial charge < -0.3 is 24.6 Å². The van der Waals surface area contributed by atoms with Gasteiger partial charge in [0.25, 0.3) is 0 Å². The highest BCUT2D eigenvalue weighted by atomic mass is 31.2. The second-order valence-corrected chi connectivity index (χ2v) is 16.9. The number of phosphoric acid groups is 1. The van der Waals surface area contributed by atoms with Crippen LogP contribution in [0.3, 0.4) is 0 Å². The molecule has 3 unspecified atom stereocenters. The molecule has 3 atom stereocenters. The molecular formula is C45H87O9P. The third-order valence-electron chi connectivity index (χ3n) is 9.87.